The van der Waals surface area contributed by atoms with Crippen molar-refractivity contribution < 1.29 is 22.7 Å². The highest BCUT2D eigenvalue weighted by atomic mass is 35.5. The van der Waals surface area contributed by atoms with Gasteiger partial charge in [-0.2, -0.15) is 5.10 Å². The first-order chi connectivity index (χ1) is 13.7. The van der Waals surface area contributed by atoms with E-state index in [1.807, 2.05) is 0 Å². The van der Waals surface area contributed by atoms with Gasteiger partial charge in [-0.15, -0.1) is 0 Å². The van der Waals surface area contributed by atoms with Gasteiger partial charge in [0.25, 0.3) is 5.91 Å². The average molecular weight is 460 g/mol. The summed E-state index contributed by atoms with van der Waals surface area (Å²) in [5, 5.41) is 4.63. The number of hydrogen-bond donors (Lipinski definition) is 1. The topological polar surface area (TPSA) is 97.3 Å². The Kier molecular flexibility index (Phi) is 7.72. The van der Waals surface area contributed by atoms with E-state index in [1.54, 1.807) is 24.3 Å². The van der Waals surface area contributed by atoms with Gasteiger partial charge in [0.2, 0.25) is 10.0 Å². The number of hydrazone groups is 1. The predicted octanol–water partition coefficient (Wildman–Crippen LogP) is 2.93. The van der Waals surface area contributed by atoms with Crippen molar-refractivity contribution in [1.82, 2.24) is 5.43 Å². The second-order valence-electron chi connectivity index (χ2n) is 5.77. The summed E-state index contributed by atoms with van der Waals surface area (Å²) < 4.78 is 35.8. The number of amides is 1. The Labute approximate surface area is 179 Å². The van der Waals surface area contributed by atoms with Crippen molar-refractivity contribution in [1.29, 1.82) is 0 Å². The number of carbonyl (C=O) groups is 1. The van der Waals surface area contributed by atoms with Crippen molar-refractivity contribution in [3.63, 3.8) is 0 Å². The molecule has 0 aliphatic carbocycles. The number of benzene rings is 2. The van der Waals surface area contributed by atoms with E-state index >= 15 is 0 Å². The molecule has 0 saturated carbocycles. The van der Waals surface area contributed by atoms with Gasteiger partial charge in [-0.1, -0.05) is 29.3 Å². The second kappa shape index (κ2) is 9.82. The standard InChI is InChI=1S/C18H19Cl2N3O5S/c1-27-14-6-7-17(28-2)16(9-14)23(29(3,25)26)11-18(24)22-21-10-12-4-5-13(19)8-15(12)20/h4-10H,11H2,1-3H3,(H,22,24)/b21-10-. The Hall–Kier alpha value is -2.49. The lowest BCUT2D eigenvalue weighted by Crippen LogP contribution is -2.39. The van der Waals surface area contributed by atoms with Crippen molar-refractivity contribution in [3.8, 4) is 11.5 Å². The van der Waals surface area contributed by atoms with Gasteiger partial charge in [-0.3, -0.25) is 9.10 Å². The van der Waals surface area contributed by atoms with Crippen LogP contribution in [0.4, 0.5) is 5.69 Å². The van der Waals surface area contributed by atoms with Crippen LogP contribution in [-0.2, 0) is 14.8 Å². The third-order valence-corrected chi connectivity index (χ3v) is 5.39. The van der Waals surface area contributed by atoms with Crippen molar-refractivity contribution in [2.45, 2.75) is 0 Å². The molecule has 0 unspecified atom stereocenters. The van der Waals surface area contributed by atoms with Crippen LogP contribution in [0.15, 0.2) is 41.5 Å². The van der Waals surface area contributed by atoms with Crippen LogP contribution in [0.2, 0.25) is 10.0 Å². The Morgan fingerprint density at radius 2 is 1.90 bits per heavy atom. The van der Waals surface area contributed by atoms with Crippen LogP contribution in [0.1, 0.15) is 5.56 Å². The fraction of sp³-hybridized carbons (Fsp3) is 0.222. The maximum atomic E-state index is 12.3. The summed E-state index contributed by atoms with van der Waals surface area (Å²) in [5.74, 6) is 0.00682. The summed E-state index contributed by atoms with van der Waals surface area (Å²) in [6.45, 7) is -0.520. The smallest absolute Gasteiger partial charge is 0.260 e. The van der Waals surface area contributed by atoms with E-state index in [1.165, 1.54) is 32.6 Å². The molecule has 0 fully saturated rings. The van der Waals surface area contributed by atoms with Gasteiger partial charge in [0.15, 0.2) is 0 Å². The molecule has 156 valence electrons. The van der Waals surface area contributed by atoms with Crippen LogP contribution >= 0.6 is 23.2 Å². The maximum Gasteiger partial charge on any atom is 0.260 e. The number of carbonyl (C=O) groups excluding carboxylic acids is 1. The fourth-order valence-corrected chi connectivity index (χ4v) is 3.63. The fourth-order valence-electron chi connectivity index (χ4n) is 2.32. The molecule has 2 rings (SSSR count). The zero-order valence-corrected chi connectivity index (χ0v) is 18.2. The number of rotatable bonds is 8. The number of methoxy groups -OCH3 is 2. The normalized spacial score (nSPS) is 11.3. The van der Waals surface area contributed by atoms with Gasteiger partial charge in [-0.05, 0) is 24.3 Å². The molecule has 29 heavy (non-hydrogen) atoms. The minimum absolute atomic E-state index is 0.161. The molecule has 2 aromatic rings. The zero-order valence-electron chi connectivity index (χ0n) is 15.8. The lowest BCUT2D eigenvalue weighted by atomic mass is 10.2. The molecule has 0 aromatic heterocycles. The zero-order chi connectivity index (χ0) is 21.6. The van der Waals surface area contributed by atoms with Crippen LogP contribution in [0, 0.1) is 0 Å². The first-order valence-electron chi connectivity index (χ1n) is 8.12. The number of hydrogen-bond acceptors (Lipinski definition) is 6. The van der Waals surface area contributed by atoms with Crippen molar-refractivity contribution in [2.24, 2.45) is 5.10 Å². The molecular formula is C18H19Cl2N3O5S. The third kappa shape index (κ3) is 6.25. The monoisotopic (exact) mass is 459 g/mol. The molecule has 0 heterocycles. The maximum absolute atomic E-state index is 12.3. The number of ether oxygens (including phenoxy) is 2. The summed E-state index contributed by atoms with van der Waals surface area (Å²) in [5.41, 5.74) is 2.97. The quantitative estimate of drug-likeness (QED) is 0.483. The molecule has 0 aliphatic rings. The lowest BCUT2D eigenvalue weighted by Gasteiger charge is -2.23. The van der Waals surface area contributed by atoms with Crippen LogP contribution in [0.5, 0.6) is 11.5 Å². The molecular weight excluding hydrogens is 441 g/mol. The molecule has 0 aliphatic heterocycles. The van der Waals surface area contributed by atoms with E-state index in [0.717, 1.165) is 10.6 Å². The molecule has 0 radical (unpaired) electrons. The van der Waals surface area contributed by atoms with Crippen molar-refractivity contribution in [2.75, 3.05) is 31.3 Å². The SMILES string of the molecule is COc1ccc(OC)c(N(CC(=O)N/N=C\c2ccc(Cl)cc2Cl)S(C)(=O)=O)c1. The number of sulfonamides is 1. The van der Waals surface area contributed by atoms with Gasteiger partial charge in [-0.25, -0.2) is 13.8 Å². The van der Waals surface area contributed by atoms with Crippen LogP contribution in [0.3, 0.4) is 0 Å². The second-order valence-corrected chi connectivity index (χ2v) is 8.52. The molecule has 0 saturated heterocycles. The van der Waals surface area contributed by atoms with E-state index in [9.17, 15) is 13.2 Å². The lowest BCUT2D eigenvalue weighted by molar-refractivity contribution is -0.119. The van der Waals surface area contributed by atoms with Crippen LogP contribution in [-0.4, -0.2) is 47.6 Å². The van der Waals surface area contributed by atoms with E-state index in [2.05, 4.69) is 10.5 Å². The minimum atomic E-state index is -3.81. The number of nitrogens with one attached hydrogen (secondary N) is 1. The molecule has 1 N–H and O–H groups in total. The van der Waals surface area contributed by atoms with Crippen LogP contribution in [0.25, 0.3) is 0 Å². The number of anilines is 1. The summed E-state index contributed by atoms with van der Waals surface area (Å²) in [4.78, 5) is 12.3. The number of nitrogens with zero attached hydrogens (tertiary/aromatic N) is 2. The molecule has 2 aromatic carbocycles. The minimum Gasteiger partial charge on any atom is -0.497 e. The largest absolute Gasteiger partial charge is 0.497 e. The van der Waals surface area contributed by atoms with E-state index in [0.29, 0.717) is 21.4 Å². The van der Waals surface area contributed by atoms with E-state index < -0.39 is 22.5 Å². The highest BCUT2D eigenvalue weighted by molar-refractivity contribution is 7.92. The molecule has 0 atom stereocenters. The predicted molar refractivity (Wildman–Crippen MR) is 114 cm³/mol. The van der Waals surface area contributed by atoms with Crippen LogP contribution < -0.4 is 19.2 Å². The average Bonchev–Trinajstić information content (AvgIpc) is 2.66. The first-order valence-corrected chi connectivity index (χ1v) is 10.7. The third-order valence-electron chi connectivity index (χ3n) is 3.70. The van der Waals surface area contributed by atoms with Crippen molar-refractivity contribution >= 4 is 51.0 Å². The Bertz CT molecular complexity index is 1030. The molecule has 11 heteroatoms. The highest BCUT2D eigenvalue weighted by Gasteiger charge is 2.24. The summed E-state index contributed by atoms with van der Waals surface area (Å²) >= 11 is 11.9. The van der Waals surface area contributed by atoms with Crippen molar-refractivity contribution in [3.05, 3.63) is 52.0 Å². The van der Waals surface area contributed by atoms with Gasteiger partial charge >= 0.3 is 0 Å². The Balaban J connectivity index is 2.21. The van der Waals surface area contributed by atoms with Gasteiger partial charge < -0.3 is 9.47 Å². The molecule has 1 amide bonds. The van der Waals surface area contributed by atoms with E-state index in [-0.39, 0.29) is 11.4 Å². The molecule has 8 nitrogen and oxygen atoms in total. The summed E-state index contributed by atoms with van der Waals surface area (Å²) in [7, 11) is -0.971. The first kappa shape index (κ1) is 22.8. The molecule has 0 spiro atoms. The molecule has 0 bridgehead atoms. The number of halogens is 2. The Morgan fingerprint density at radius 3 is 2.48 bits per heavy atom. The Morgan fingerprint density at radius 1 is 1.17 bits per heavy atom. The highest BCUT2D eigenvalue weighted by Crippen LogP contribution is 2.33. The van der Waals surface area contributed by atoms with Gasteiger partial charge in [0.05, 0.1) is 37.4 Å². The van der Waals surface area contributed by atoms with Gasteiger partial charge in [0.1, 0.15) is 18.0 Å². The summed E-state index contributed by atoms with van der Waals surface area (Å²) in [6, 6.07) is 9.41. The summed E-state index contributed by atoms with van der Waals surface area (Å²) in [6.07, 6.45) is 2.31. The van der Waals surface area contributed by atoms with Gasteiger partial charge in [0, 0.05) is 16.7 Å². The van der Waals surface area contributed by atoms with E-state index in [4.69, 9.17) is 32.7 Å².